The molecule has 2 aliphatic heterocycles. The van der Waals surface area contributed by atoms with E-state index in [0.29, 0.717) is 18.4 Å². The fraction of sp³-hybridized carbons (Fsp3) is 0.600. The van der Waals surface area contributed by atoms with Crippen LogP contribution >= 0.6 is 0 Å². The molecule has 0 saturated carbocycles. The van der Waals surface area contributed by atoms with Crippen LogP contribution in [0.3, 0.4) is 0 Å². The standard InChI is InChI=1S/C15H20N2O7/c1-16-9(4-5-11(16)19)8-3-2-6-17(14(8)22)24-15-13(21)12(20)10(7-18)23-15/h2-3,6,9-10,12-13,15,18,20-21H,4-5,7H2,1H3/t9?,10-,12-,13-,15-/m1/s1. The number of amides is 1. The van der Waals surface area contributed by atoms with Gasteiger partial charge in [0.15, 0.2) is 0 Å². The highest BCUT2D eigenvalue weighted by molar-refractivity contribution is 5.78. The third-order valence-electron chi connectivity index (χ3n) is 4.51. The van der Waals surface area contributed by atoms with E-state index in [1.807, 2.05) is 0 Å². The smallest absolute Gasteiger partial charge is 0.288 e. The zero-order valence-electron chi connectivity index (χ0n) is 13.1. The van der Waals surface area contributed by atoms with E-state index in [-0.39, 0.29) is 11.9 Å². The van der Waals surface area contributed by atoms with Crippen LogP contribution in [-0.2, 0) is 9.53 Å². The average Bonchev–Trinajstić information content (AvgIpc) is 3.04. The lowest BCUT2D eigenvalue weighted by Crippen LogP contribution is -2.42. The van der Waals surface area contributed by atoms with Crippen molar-refractivity contribution in [2.24, 2.45) is 0 Å². The van der Waals surface area contributed by atoms with E-state index in [4.69, 9.17) is 14.7 Å². The van der Waals surface area contributed by atoms with Gasteiger partial charge in [-0.05, 0) is 18.6 Å². The van der Waals surface area contributed by atoms with Crippen LogP contribution < -0.4 is 10.4 Å². The monoisotopic (exact) mass is 340 g/mol. The number of aromatic nitrogens is 1. The predicted molar refractivity (Wildman–Crippen MR) is 79.8 cm³/mol. The summed E-state index contributed by atoms with van der Waals surface area (Å²) < 4.78 is 6.11. The molecular weight excluding hydrogens is 320 g/mol. The van der Waals surface area contributed by atoms with Crippen LogP contribution in [0.2, 0.25) is 0 Å². The number of aliphatic hydroxyl groups excluding tert-OH is 3. The summed E-state index contributed by atoms with van der Waals surface area (Å²) in [4.78, 5) is 31.1. The van der Waals surface area contributed by atoms with Crippen LogP contribution in [0.1, 0.15) is 24.4 Å². The molecule has 3 N–H and O–H groups in total. The first-order valence-electron chi connectivity index (χ1n) is 7.71. The first kappa shape index (κ1) is 16.9. The number of rotatable bonds is 4. The van der Waals surface area contributed by atoms with Gasteiger partial charge in [0.05, 0.1) is 12.6 Å². The van der Waals surface area contributed by atoms with Crippen LogP contribution in [0.4, 0.5) is 0 Å². The Morgan fingerprint density at radius 1 is 1.33 bits per heavy atom. The molecule has 1 amide bonds. The van der Waals surface area contributed by atoms with Gasteiger partial charge in [-0.15, -0.1) is 4.73 Å². The molecule has 0 radical (unpaired) electrons. The van der Waals surface area contributed by atoms with Gasteiger partial charge in [-0.25, -0.2) is 0 Å². The van der Waals surface area contributed by atoms with Gasteiger partial charge in [-0.2, -0.15) is 0 Å². The minimum absolute atomic E-state index is 0.0285. The van der Waals surface area contributed by atoms with Crippen molar-refractivity contribution in [2.45, 2.75) is 43.5 Å². The number of pyridine rings is 1. The summed E-state index contributed by atoms with van der Waals surface area (Å²) in [7, 11) is 1.64. The largest absolute Gasteiger partial charge is 0.394 e. The number of carbonyl (C=O) groups excluding carboxylic acids is 1. The molecule has 132 valence electrons. The van der Waals surface area contributed by atoms with Crippen molar-refractivity contribution in [1.29, 1.82) is 0 Å². The van der Waals surface area contributed by atoms with E-state index in [1.54, 1.807) is 19.2 Å². The Morgan fingerprint density at radius 3 is 2.67 bits per heavy atom. The molecule has 0 aliphatic carbocycles. The van der Waals surface area contributed by atoms with Crippen molar-refractivity contribution in [3.05, 3.63) is 34.2 Å². The molecule has 5 atom stereocenters. The van der Waals surface area contributed by atoms with Gasteiger partial charge >= 0.3 is 0 Å². The van der Waals surface area contributed by atoms with E-state index in [2.05, 4.69) is 0 Å². The fourth-order valence-corrected chi connectivity index (χ4v) is 3.06. The highest BCUT2D eigenvalue weighted by Gasteiger charge is 2.44. The normalized spacial score (nSPS) is 33.2. The van der Waals surface area contributed by atoms with Crippen molar-refractivity contribution in [2.75, 3.05) is 13.7 Å². The number of hydrogen-bond acceptors (Lipinski definition) is 7. The Hall–Kier alpha value is -1.94. The molecule has 1 aromatic heterocycles. The van der Waals surface area contributed by atoms with Crippen LogP contribution in [0.15, 0.2) is 23.1 Å². The maximum Gasteiger partial charge on any atom is 0.288 e. The van der Waals surface area contributed by atoms with Gasteiger partial charge in [0, 0.05) is 25.2 Å². The predicted octanol–water partition coefficient (Wildman–Crippen LogP) is -1.99. The molecule has 9 heteroatoms. The van der Waals surface area contributed by atoms with E-state index < -0.39 is 36.8 Å². The van der Waals surface area contributed by atoms with Gasteiger partial charge in [-0.1, -0.05) is 0 Å². The zero-order valence-corrected chi connectivity index (χ0v) is 13.1. The summed E-state index contributed by atoms with van der Waals surface area (Å²) in [5.74, 6) is -0.0285. The van der Waals surface area contributed by atoms with Crippen LogP contribution in [0.25, 0.3) is 0 Å². The fourth-order valence-electron chi connectivity index (χ4n) is 3.06. The summed E-state index contributed by atoms with van der Waals surface area (Å²) in [6.07, 6.45) is -2.69. The van der Waals surface area contributed by atoms with E-state index in [9.17, 15) is 19.8 Å². The number of carbonyl (C=O) groups is 1. The lowest BCUT2D eigenvalue weighted by Gasteiger charge is -2.22. The van der Waals surface area contributed by atoms with Crippen molar-refractivity contribution in [3.8, 4) is 0 Å². The second kappa shape index (κ2) is 6.52. The van der Waals surface area contributed by atoms with Crippen molar-refractivity contribution in [3.63, 3.8) is 0 Å². The second-order valence-corrected chi connectivity index (χ2v) is 5.97. The third-order valence-corrected chi connectivity index (χ3v) is 4.51. The molecule has 2 aliphatic rings. The lowest BCUT2D eigenvalue weighted by molar-refractivity contribution is -0.173. The molecule has 9 nitrogen and oxygen atoms in total. The van der Waals surface area contributed by atoms with Gasteiger partial charge in [0.1, 0.15) is 18.3 Å². The average molecular weight is 340 g/mol. The first-order chi connectivity index (χ1) is 11.4. The molecule has 1 aromatic rings. The molecule has 1 unspecified atom stereocenters. The maximum atomic E-state index is 12.6. The number of hydrogen-bond donors (Lipinski definition) is 3. The van der Waals surface area contributed by atoms with Crippen molar-refractivity contribution >= 4 is 5.91 Å². The first-order valence-corrected chi connectivity index (χ1v) is 7.71. The molecule has 2 saturated heterocycles. The summed E-state index contributed by atoms with van der Waals surface area (Å²) in [5, 5.41) is 28.7. The summed E-state index contributed by atoms with van der Waals surface area (Å²) >= 11 is 0. The Bertz CT molecular complexity index is 676. The number of ether oxygens (including phenoxy) is 1. The Balaban J connectivity index is 1.82. The van der Waals surface area contributed by atoms with E-state index >= 15 is 0 Å². The molecule has 2 fully saturated rings. The van der Waals surface area contributed by atoms with E-state index in [0.717, 1.165) is 4.73 Å². The molecule has 3 heterocycles. The Kier molecular flexibility index (Phi) is 4.59. The van der Waals surface area contributed by atoms with Crippen LogP contribution in [0.5, 0.6) is 0 Å². The molecule has 0 spiro atoms. The summed E-state index contributed by atoms with van der Waals surface area (Å²) in [6, 6.07) is 2.89. The highest BCUT2D eigenvalue weighted by atomic mass is 16.8. The molecule has 0 aromatic carbocycles. The molecule has 0 bridgehead atoms. The minimum atomic E-state index is -1.39. The number of likely N-dealkylation sites (tertiary alicyclic amines) is 1. The number of aliphatic hydroxyl groups is 3. The molecule has 3 rings (SSSR count). The third kappa shape index (κ3) is 2.80. The van der Waals surface area contributed by atoms with Gasteiger partial charge in [-0.3, -0.25) is 9.59 Å². The zero-order chi connectivity index (χ0) is 17.4. The maximum absolute atomic E-state index is 12.6. The van der Waals surface area contributed by atoms with Crippen molar-refractivity contribution < 1.29 is 29.7 Å². The van der Waals surface area contributed by atoms with Crippen molar-refractivity contribution in [1.82, 2.24) is 9.63 Å². The highest BCUT2D eigenvalue weighted by Crippen LogP contribution is 2.29. The topological polar surface area (TPSA) is 121 Å². The lowest BCUT2D eigenvalue weighted by atomic mass is 10.1. The second-order valence-electron chi connectivity index (χ2n) is 5.97. The number of nitrogens with zero attached hydrogens (tertiary/aromatic N) is 2. The molecule has 24 heavy (non-hydrogen) atoms. The summed E-state index contributed by atoms with van der Waals surface area (Å²) in [6.45, 7) is -0.484. The Morgan fingerprint density at radius 2 is 2.08 bits per heavy atom. The van der Waals surface area contributed by atoms with Crippen LogP contribution in [-0.4, -0.2) is 69.1 Å². The Labute approximate surface area is 137 Å². The molecular formula is C15H20N2O7. The van der Waals surface area contributed by atoms with Gasteiger partial charge in [0.2, 0.25) is 5.91 Å². The summed E-state index contributed by atoms with van der Waals surface area (Å²) in [5.41, 5.74) is -0.0700. The van der Waals surface area contributed by atoms with Crippen LogP contribution in [0, 0.1) is 0 Å². The van der Waals surface area contributed by atoms with E-state index in [1.165, 1.54) is 11.1 Å². The van der Waals surface area contributed by atoms with Gasteiger partial charge in [0.25, 0.3) is 11.8 Å². The minimum Gasteiger partial charge on any atom is -0.394 e. The SMILES string of the molecule is CN1C(=O)CCC1c1cccn(O[C@H]2O[C@H](CO)[C@@H](O)[C@H]2O)c1=O. The quantitative estimate of drug-likeness (QED) is 0.580. The van der Waals surface area contributed by atoms with Gasteiger partial charge < -0.3 is 29.8 Å².